The first-order chi connectivity index (χ1) is 7.15. The number of benzene rings is 1. The molecule has 0 spiro atoms. The predicted molar refractivity (Wildman–Crippen MR) is 51.7 cm³/mol. The van der Waals surface area contributed by atoms with Gasteiger partial charge in [-0.2, -0.15) is 0 Å². The maximum atomic E-state index is 12.7. The van der Waals surface area contributed by atoms with Gasteiger partial charge in [0.25, 0.3) is 0 Å². The van der Waals surface area contributed by atoms with Gasteiger partial charge in [0.05, 0.1) is 0 Å². The van der Waals surface area contributed by atoms with Crippen LogP contribution in [0.15, 0.2) is 12.1 Å². The van der Waals surface area contributed by atoms with Crippen molar-refractivity contribution in [2.45, 2.75) is 6.42 Å². The lowest BCUT2D eigenvalue weighted by atomic mass is 10.2. The lowest BCUT2D eigenvalue weighted by Crippen LogP contribution is -2.05. The van der Waals surface area contributed by atoms with E-state index < -0.39 is 17.5 Å². The molecule has 0 aliphatic heterocycles. The van der Waals surface area contributed by atoms with E-state index in [0.29, 0.717) is 13.0 Å². The highest BCUT2D eigenvalue weighted by Gasteiger charge is 2.08. The van der Waals surface area contributed by atoms with Crippen molar-refractivity contribution < 1.29 is 13.2 Å². The average Bonchev–Trinajstić information content (AvgIpc) is 2.21. The molecule has 0 atom stereocenters. The predicted octanol–water partition coefficient (Wildman–Crippen LogP) is 2.06. The van der Waals surface area contributed by atoms with Crippen molar-refractivity contribution in [2.24, 2.45) is 0 Å². The molecule has 15 heavy (non-hydrogen) atoms. The summed E-state index contributed by atoms with van der Waals surface area (Å²) in [5, 5.41) is 2.88. The van der Waals surface area contributed by atoms with Crippen molar-refractivity contribution in [3.05, 3.63) is 35.1 Å². The van der Waals surface area contributed by atoms with Crippen LogP contribution in [-0.2, 0) is 0 Å². The molecule has 0 saturated heterocycles. The summed E-state index contributed by atoms with van der Waals surface area (Å²) in [4.78, 5) is 0. The summed E-state index contributed by atoms with van der Waals surface area (Å²) < 4.78 is 38.0. The standard InChI is InChI=1S/C11H10F3N/c1-15-5-3-2-4-8-6-9(12)11(14)10(13)7-8/h6-7,15H,3,5H2,1H3. The van der Waals surface area contributed by atoms with E-state index in [9.17, 15) is 13.2 Å². The molecule has 0 bridgehead atoms. The van der Waals surface area contributed by atoms with Crippen LogP contribution in [0.4, 0.5) is 13.2 Å². The van der Waals surface area contributed by atoms with Gasteiger partial charge in [0.15, 0.2) is 17.5 Å². The second kappa shape index (κ2) is 5.42. The van der Waals surface area contributed by atoms with Gasteiger partial charge in [-0.15, -0.1) is 0 Å². The van der Waals surface area contributed by atoms with Gasteiger partial charge in [0, 0.05) is 18.5 Å². The largest absolute Gasteiger partial charge is 0.319 e. The summed E-state index contributed by atoms with van der Waals surface area (Å²) in [7, 11) is 1.78. The molecule has 0 saturated carbocycles. The Balaban J connectivity index is 2.81. The van der Waals surface area contributed by atoms with Gasteiger partial charge in [-0.1, -0.05) is 11.8 Å². The quantitative estimate of drug-likeness (QED) is 0.450. The Bertz CT molecular complexity index is 381. The van der Waals surface area contributed by atoms with Gasteiger partial charge in [-0.3, -0.25) is 0 Å². The smallest absolute Gasteiger partial charge is 0.194 e. The molecule has 1 aromatic rings. The number of nitrogens with one attached hydrogen (secondary N) is 1. The minimum absolute atomic E-state index is 0.141. The van der Waals surface area contributed by atoms with Crippen molar-refractivity contribution in [3.8, 4) is 11.8 Å². The fourth-order valence-electron chi connectivity index (χ4n) is 0.980. The number of hydrogen-bond donors (Lipinski definition) is 1. The lowest BCUT2D eigenvalue weighted by Gasteiger charge is -1.95. The molecular formula is C11H10F3N. The third kappa shape index (κ3) is 3.30. The van der Waals surface area contributed by atoms with Crippen LogP contribution in [-0.4, -0.2) is 13.6 Å². The average molecular weight is 213 g/mol. The Morgan fingerprint density at radius 1 is 1.20 bits per heavy atom. The molecule has 4 heteroatoms. The molecule has 1 nitrogen and oxygen atoms in total. The molecular weight excluding hydrogens is 203 g/mol. The van der Waals surface area contributed by atoms with Crippen LogP contribution in [0.25, 0.3) is 0 Å². The summed E-state index contributed by atoms with van der Waals surface area (Å²) in [6.45, 7) is 0.694. The Labute approximate surface area is 86.3 Å². The van der Waals surface area contributed by atoms with E-state index in [0.717, 1.165) is 12.1 Å². The van der Waals surface area contributed by atoms with Crippen LogP contribution in [0, 0.1) is 29.3 Å². The lowest BCUT2D eigenvalue weighted by molar-refractivity contribution is 0.446. The molecule has 1 N–H and O–H groups in total. The van der Waals surface area contributed by atoms with Crippen LogP contribution >= 0.6 is 0 Å². The molecule has 0 amide bonds. The summed E-state index contributed by atoms with van der Waals surface area (Å²) in [6.07, 6.45) is 0.567. The third-order valence-electron chi connectivity index (χ3n) is 1.72. The van der Waals surface area contributed by atoms with Crippen molar-refractivity contribution in [1.29, 1.82) is 0 Å². The van der Waals surface area contributed by atoms with E-state index in [-0.39, 0.29) is 5.56 Å². The highest BCUT2D eigenvalue weighted by atomic mass is 19.2. The Kier molecular flexibility index (Phi) is 4.19. The highest BCUT2D eigenvalue weighted by molar-refractivity contribution is 5.35. The molecule has 1 aromatic carbocycles. The molecule has 80 valence electrons. The molecule has 0 heterocycles. The Hall–Kier alpha value is -1.47. The van der Waals surface area contributed by atoms with Crippen molar-refractivity contribution >= 4 is 0 Å². The molecule has 0 radical (unpaired) electrons. The molecule has 0 unspecified atom stereocenters. The van der Waals surface area contributed by atoms with Crippen molar-refractivity contribution in [3.63, 3.8) is 0 Å². The minimum Gasteiger partial charge on any atom is -0.319 e. The summed E-state index contributed by atoms with van der Waals surface area (Å²) in [5.74, 6) is 1.37. The Morgan fingerprint density at radius 2 is 1.80 bits per heavy atom. The summed E-state index contributed by atoms with van der Waals surface area (Å²) >= 11 is 0. The molecule has 0 fully saturated rings. The topological polar surface area (TPSA) is 12.0 Å². The number of hydrogen-bond acceptors (Lipinski definition) is 1. The first-order valence-corrected chi connectivity index (χ1v) is 4.43. The molecule has 0 aliphatic rings. The number of halogens is 3. The monoisotopic (exact) mass is 213 g/mol. The molecule has 0 aromatic heterocycles. The number of rotatable bonds is 2. The van der Waals surface area contributed by atoms with E-state index >= 15 is 0 Å². The van der Waals surface area contributed by atoms with Crippen LogP contribution < -0.4 is 5.32 Å². The highest BCUT2D eigenvalue weighted by Crippen LogP contribution is 2.12. The van der Waals surface area contributed by atoms with Gasteiger partial charge in [0.1, 0.15) is 0 Å². The zero-order valence-corrected chi connectivity index (χ0v) is 8.20. The Morgan fingerprint density at radius 3 is 2.33 bits per heavy atom. The van der Waals surface area contributed by atoms with Gasteiger partial charge < -0.3 is 5.32 Å². The van der Waals surface area contributed by atoms with E-state index in [1.807, 2.05) is 0 Å². The van der Waals surface area contributed by atoms with E-state index in [4.69, 9.17) is 0 Å². The second-order valence-electron chi connectivity index (χ2n) is 2.91. The zero-order chi connectivity index (χ0) is 11.3. The van der Waals surface area contributed by atoms with Gasteiger partial charge in [0.2, 0.25) is 0 Å². The maximum absolute atomic E-state index is 12.7. The summed E-state index contributed by atoms with van der Waals surface area (Å²) in [5.41, 5.74) is 0.141. The van der Waals surface area contributed by atoms with Crippen LogP contribution in [0.2, 0.25) is 0 Å². The third-order valence-corrected chi connectivity index (χ3v) is 1.72. The van der Waals surface area contributed by atoms with E-state index in [1.165, 1.54) is 0 Å². The molecule has 1 rings (SSSR count). The SMILES string of the molecule is CNCCC#Cc1cc(F)c(F)c(F)c1. The van der Waals surface area contributed by atoms with Crippen LogP contribution in [0.3, 0.4) is 0 Å². The molecule has 0 aliphatic carbocycles. The second-order valence-corrected chi connectivity index (χ2v) is 2.91. The van der Waals surface area contributed by atoms with Gasteiger partial charge in [-0.05, 0) is 19.2 Å². The summed E-state index contributed by atoms with van der Waals surface area (Å²) in [6, 6.07) is 1.76. The first-order valence-electron chi connectivity index (χ1n) is 4.43. The van der Waals surface area contributed by atoms with Crippen molar-refractivity contribution in [2.75, 3.05) is 13.6 Å². The van der Waals surface area contributed by atoms with E-state index in [2.05, 4.69) is 17.2 Å². The van der Waals surface area contributed by atoms with Crippen LogP contribution in [0.1, 0.15) is 12.0 Å². The first kappa shape index (κ1) is 11.6. The van der Waals surface area contributed by atoms with Crippen molar-refractivity contribution in [1.82, 2.24) is 5.32 Å². The van der Waals surface area contributed by atoms with Gasteiger partial charge >= 0.3 is 0 Å². The minimum atomic E-state index is -1.46. The van der Waals surface area contributed by atoms with Gasteiger partial charge in [-0.25, -0.2) is 13.2 Å². The maximum Gasteiger partial charge on any atom is 0.194 e. The van der Waals surface area contributed by atoms with E-state index in [1.54, 1.807) is 7.05 Å². The fraction of sp³-hybridized carbons (Fsp3) is 0.273. The normalized spacial score (nSPS) is 9.60. The zero-order valence-electron chi connectivity index (χ0n) is 8.20. The van der Waals surface area contributed by atoms with Crippen LogP contribution in [0.5, 0.6) is 0 Å². The fourth-order valence-corrected chi connectivity index (χ4v) is 0.980.